The minimum absolute atomic E-state index is 0.398. The van der Waals surface area contributed by atoms with Crippen LogP contribution >= 0.6 is 0 Å². The number of ether oxygens (including phenoxy) is 1. The lowest BCUT2D eigenvalue weighted by Gasteiger charge is -2.00. The number of rotatable bonds is 3. The van der Waals surface area contributed by atoms with Crippen molar-refractivity contribution in [3.63, 3.8) is 0 Å². The molecule has 0 fully saturated rings. The molecule has 0 aromatic rings. The molecule has 0 aromatic carbocycles. The fourth-order valence-electron chi connectivity index (χ4n) is 0.333. The van der Waals surface area contributed by atoms with Gasteiger partial charge in [-0.3, -0.25) is 4.79 Å². The molecular weight excluding hydrogens is 142 g/mol. The second-order valence-corrected chi connectivity index (χ2v) is 2.57. The van der Waals surface area contributed by atoms with Gasteiger partial charge in [0.05, 0.1) is 6.10 Å². The molecule has 0 atom stereocenters. The molecule has 0 aliphatic carbocycles. The molecule has 0 rings (SSSR count). The second-order valence-electron chi connectivity index (χ2n) is 2.57. The highest BCUT2D eigenvalue weighted by molar-refractivity contribution is 5.45. The van der Waals surface area contributed by atoms with Crippen LogP contribution in [0, 0.1) is 0 Å². The highest BCUT2D eigenvalue weighted by atomic mass is 16.5. The molecule has 0 aliphatic heterocycles. The van der Waals surface area contributed by atoms with Crippen molar-refractivity contribution in [1.82, 2.24) is 4.90 Å². The van der Waals surface area contributed by atoms with Gasteiger partial charge in [-0.15, -0.1) is 0 Å². The van der Waals surface area contributed by atoms with Crippen molar-refractivity contribution in [1.29, 1.82) is 0 Å². The van der Waals surface area contributed by atoms with E-state index in [0.29, 0.717) is 6.10 Å². The van der Waals surface area contributed by atoms with Gasteiger partial charge in [-0.2, -0.15) is 0 Å². The summed E-state index contributed by atoms with van der Waals surface area (Å²) in [5.74, 6) is 0. The molecule has 1 amide bonds. The third-order valence-corrected chi connectivity index (χ3v) is 0.711. The van der Waals surface area contributed by atoms with Crippen LogP contribution in [0.1, 0.15) is 20.8 Å². The van der Waals surface area contributed by atoms with Crippen molar-refractivity contribution in [2.45, 2.75) is 26.9 Å². The first-order valence-corrected chi connectivity index (χ1v) is 3.77. The highest BCUT2D eigenvalue weighted by Crippen LogP contribution is 1.83. The monoisotopic (exact) mass is 161 g/mol. The van der Waals surface area contributed by atoms with E-state index < -0.39 is 0 Å². The lowest BCUT2D eigenvalue weighted by molar-refractivity contribution is -0.115. The highest BCUT2D eigenvalue weighted by Gasteiger charge is 1.83. The summed E-state index contributed by atoms with van der Waals surface area (Å²) in [6.07, 6.45) is 1.15. The van der Waals surface area contributed by atoms with Crippen molar-refractivity contribution in [3.8, 4) is 0 Å². The van der Waals surface area contributed by atoms with Crippen LogP contribution in [0.4, 0.5) is 0 Å². The lowest BCUT2D eigenvalue weighted by Crippen LogP contribution is -2.06. The van der Waals surface area contributed by atoms with Crippen LogP contribution in [0.2, 0.25) is 0 Å². The maximum atomic E-state index is 9.43. The Bertz CT molecular complexity index is 82.2. The van der Waals surface area contributed by atoms with Crippen LogP contribution in [0.15, 0.2) is 0 Å². The first kappa shape index (κ1) is 13.1. The van der Waals surface area contributed by atoms with E-state index in [1.54, 1.807) is 14.1 Å². The van der Waals surface area contributed by atoms with Crippen LogP contribution in [0.25, 0.3) is 0 Å². The molecule has 3 heteroatoms. The number of carbonyl (C=O) groups is 1. The molecule has 0 radical (unpaired) electrons. The van der Waals surface area contributed by atoms with Crippen LogP contribution in [0.5, 0.6) is 0 Å². The molecular formula is C8H19NO2. The van der Waals surface area contributed by atoms with E-state index in [4.69, 9.17) is 4.74 Å². The number of nitrogens with zero attached hydrogens (tertiary/aromatic N) is 1. The van der Waals surface area contributed by atoms with Crippen molar-refractivity contribution in [2.24, 2.45) is 0 Å². The largest absolute Gasteiger partial charge is 0.379 e. The fraction of sp³-hybridized carbons (Fsp3) is 0.875. The van der Waals surface area contributed by atoms with Crippen molar-refractivity contribution in [3.05, 3.63) is 0 Å². The lowest BCUT2D eigenvalue weighted by atomic mass is 10.5. The zero-order valence-electron chi connectivity index (χ0n) is 8.13. The summed E-state index contributed by atoms with van der Waals surface area (Å²) in [5, 5.41) is 0. The average Bonchev–Trinajstić information content (AvgIpc) is 1.89. The standard InChI is InChI=1S/C5H12O.C3H7NO/c1-4-6-5(2)3;1-4(2)3-5/h5H,4H2,1-3H3;3H,1-2H3. The number of carbonyl (C=O) groups excluding carboxylic acids is 1. The molecule has 0 aromatic heterocycles. The van der Waals surface area contributed by atoms with E-state index in [-0.39, 0.29) is 0 Å². The molecule has 68 valence electrons. The van der Waals surface area contributed by atoms with Crippen molar-refractivity contribution < 1.29 is 9.53 Å². The third kappa shape index (κ3) is 26.5. The smallest absolute Gasteiger partial charge is 0.209 e. The molecule has 0 aliphatic rings. The summed E-state index contributed by atoms with van der Waals surface area (Å²) in [6.45, 7) is 6.89. The van der Waals surface area contributed by atoms with Gasteiger partial charge in [0.2, 0.25) is 6.41 Å². The Morgan fingerprint density at radius 3 is 1.82 bits per heavy atom. The normalized spacial score (nSPS) is 8.55. The summed E-state index contributed by atoms with van der Waals surface area (Å²) in [5.41, 5.74) is 0. The quantitative estimate of drug-likeness (QED) is 0.581. The Morgan fingerprint density at radius 1 is 1.45 bits per heavy atom. The van der Waals surface area contributed by atoms with E-state index in [0.717, 1.165) is 13.0 Å². The van der Waals surface area contributed by atoms with Gasteiger partial charge in [0.15, 0.2) is 0 Å². The van der Waals surface area contributed by atoms with Gasteiger partial charge in [0.25, 0.3) is 0 Å². The zero-order valence-corrected chi connectivity index (χ0v) is 8.13. The van der Waals surface area contributed by atoms with Gasteiger partial charge >= 0.3 is 0 Å². The molecule has 0 heterocycles. The van der Waals surface area contributed by atoms with E-state index in [2.05, 4.69) is 0 Å². The summed E-state index contributed by atoms with van der Waals surface area (Å²) >= 11 is 0. The van der Waals surface area contributed by atoms with Crippen LogP contribution < -0.4 is 0 Å². The van der Waals surface area contributed by atoms with Crippen LogP contribution in [-0.2, 0) is 9.53 Å². The predicted octanol–water partition coefficient (Wildman–Crippen LogP) is 1.14. The Morgan fingerprint density at radius 2 is 1.82 bits per heavy atom. The number of amides is 1. The van der Waals surface area contributed by atoms with Crippen LogP contribution in [0.3, 0.4) is 0 Å². The average molecular weight is 161 g/mol. The van der Waals surface area contributed by atoms with E-state index >= 15 is 0 Å². The summed E-state index contributed by atoms with van der Waals surface area (Å²) in [4.78, 5) is 10.9. The summed E-state index contributed by atoms with van der Waals surface area (Å²) in [7, 11) is 3.38. The molecule has 0 spiro atoms. The fourth-order valence-corrected chi connectivity index (χ4v) is 0.333. The van der Waals surface area contributed by atoms with E-state index in [1.807, 2.05) is 20.8 Å². The van der Waals surface area contributed by atoms with Crippen molar-refractivity contribution in [2.75, 3.05) is 20.7 Å². The van der Waals surface area contributed by atoms with Gasteiger partial charge < -0.3 is 9.64 Å². The summed E-state index contributed by atoms with van der Waals surface area (Å²) < 4.78 is 5.04. The third-order valence-electron chi connectivity index (χ3n) is 0.711. The Labute approximate surface area is 69.3 Å². The minimum Gasteiger partial charge on any atom is -0.379 e. The molecule has 11 heavy (non-hydrogen) atoms. The molecule has 0 saturated heterocycles. The first-order chi connectivity index (χ1) is 5.04. The van der Waals surface area contributed by atoms with Gasteiger partial charge in [-0.1, -0.05) is 0 Å². The minimum atomic E-state index is 0.398. The zero-order chi connectivity index (χ0) is 9.28. The molecule has 3 nitrogen and oxygen atoms in total. The van der Waals surface area contributed by atoms with Gasteiger partial charge in [0.1, 0.15) is 0 Å². The van der Waals surface area contributed by atoms with E-state index in [9.17, 15) is 4.79 Å². The van der Waals surface area contributed by atoms with E-state index in [1.165, 1.54) is 4.90 Å². The van der Waals surface area contributed by atoms with Crippen LogP contribution in [-0.4, -0.2) is 38.1 Å². The van der Waals surface area contributed by atoms with Gasteiger partial charge in [-0.25, -0.2) is 0 Å². The second kappa shape index (κ2) is 9.43. The van der Waals surface area contributed by atoms with Gasteiger partial charge in [0, 0.05) is 20.7 Å². The Hall–Kier alpha value is -0.570. The first-order valence-electron chi connectivity index (χ1n) is 3.77. The number of hydrogen-bond acceptors (Lipinski definition) is 2. The predicted molar refractivity (Wildman–Crippen MR) is 46.5 cm³/mol. The maximum Gasteiger partial charge on any atom is 0.209 e. The van der Waals surface area contributed by atoms with Crippen molar-refractivity contribution >= 4 is 6.41 Å². The SMILES string of the molecule is CCOC(C)C.CN(C)C=O. The topological polar surface area (TPSA) is 29.5 Å². The maximum absolute atomic E-state index is 9.43. The number of hydrogen-bond donors (Lipinski definition) is 0. The van der Waals surface area contributed by atoms with Gasteiger partial charge in [-0.05, 0) is 20.8 Å². The Balaban J connectivity index is 0. The molecule has 0 N–H and O–H groups in total. The summed E-state index contributed by atoms with van der Waals surface area (Å²) in [6, 6.07) is 0. The molecule has 0 saturated carbocycles. The molecule has 0 unspecified atom stereocenters. The molecule has 0 bridgehead atoms. The Kier molecular flexibility index (Phi) is 11.2.